The average molecular weight is 388 g/mol. The zero-order valence-corrected chi connectivity index (χ0v) is 16.7. The maximum Gasteiger partial charge on any atom is 0.322 e. The maximum absolute atomic E-state index is 5.36. The van der Waals surface area contributed by atoms with E-state index in [1.165, 1.54) is 25.7 Å². The van der Waals surface area contributed by atoms with Gasteiger partial charge in [-0.25, -0.2) is 0 Å². The van der Waals surface area contributed by atoms with Gasteiger partial charge in [0.25, 0.3) is 0 Å². The molecular weight excluding hydrogens is 360 g/mol. The Morgan fingerprint density at radius 3 is 2.04 bits per heavy atom. The van der Waals surface area contributed by atoms with Gasteiger partial charge in [0.05, 0.1) is 13.7 Å². The molecule has 0 aliphatic carbocycles. The molecule has 2 saturated heterocycles. The van der Waals surface area contributed by atoms with Crippen LogP contribution in [0.3, 0.4) is 0 Å². The van der Waals surface area contributed by atoms with Crippen LogP contribution in [-0.4, -0.2) is 76.4 Å². The van der Waals surface area contributed by atoms with Gasteiger partial charge in [-0.1, -0.05) is 18.0 Å². The van der Waals surface area contributed by atoms with Crippen molar-refractivity contribution in [1.82, 2.24) is 30.0 Å². The summed E-state index contributed by atoms with van der Waals surface area (Å²) >= 11 is 0. The van der Waals surface area contributed by atoms with E-state index in [0.29, 0.717) is 24.4 Å². The Morgan fingerprint density at radius 2 is 1.46 bits per heavy atom. The Balaban J connectivity index is 1.43. The van der Waals surface area contributed by atoms with E-state index in [0.717, 1.165) is 51.0 Å². The number of rotatable bonds is 5. The first-order valence-electron chi connectivity index (χ1n) is 10.0. The van der Waals surface area contributed by atoms with Crippen molar-refractivity contribution in [3.63, 3.8) is 0 Å². The normalized spacial score (nSPS) is 18.9. The molecule has 0 aromatic carbocycles. The van der Waals surface area contributed by atoms with Crippen LogP contribution < -0.4 is 14.5 Å². The fourth-order valence-corrected chi connectivity index (χ4v) is 3.69. The molecule has 0 spiro atoms. The molecule has 2 fully saturated rings. The monoisotopic (exact) mass is 388 g/mol. The van der Waals surface area contributed by atoms with Crippen LogP contribution in [0.4, 0.5) is 11.9 Å². The largest absolute Gasteiger partial charge is 0.467 e. The van der Waals surface area contributed by atoms with Crippen molar-refractivity contribution in [1.29, 1.82) is 0 Å². The first-order valence-corrected chi connectivity index (χ1v) is 10.0. The molecule has 0 atom stereocenters. The van der Waals surface area contributed by atoms with E-state index in [1.54, 1.807) is 7.11 Å². The van der Waals surface area contributed by atoms with Gasteiger partial charge in [0.1, 0.15) is 0 Å². The molecule has 2 aliphatic heterocycles. The predicted molar refractivity (Wildman–Crippen MR) is 104 cm³/mol. The van der Waals surface area contributed by atoms with Gasteiger partial charge in [0, 0.05) is 46.2 Å². The molecule has 0 amide bonds. The molecule has 0 N–H and O–H groups in total. The molecule has 0 bridgehead atoms. The summed E-state index contributed by atoms with van der Waals surface area (Å²) in [5.41, 5.74) is 0. The molecule has 10 heteroatoms. The van der Waals surface area contributed by atoms with Crippen molar-refractivity contribution in [2.45, 2.75) is 39.2 Å². The lowest BCUT2D eigenvalue weighted by Gasteiger charge is -2.34. The van der Waals surface area contributed by atoms with Gasteiger partial charge in [-0.3, -0.25) is 4.90 Å². The third kappa shape index (κ3) is 4.49. The van der Waals surface area contributed by atoms with E-state index in [9.17, 15) is 0 Å². The molecule has 2 aliphatic rings. The molecule has 2 aromatic heterocycles. The average Bonchev–Trinajstić information content (AvgIpc) is 2.96. The van der Waals surface area contributed by atoms with Crippen molar-refractivity contribution in [3.8, 4) is 6.01 Å². The number of hydrogen-bond acceptors (Lipinski definition) is 10. The van der Waals surface area contributed by atoms with Crippen molar-refractivity contribution < 1.29 is 9.26 Å². The Morgan fingerprint density at radius 1 is 0.821 bits per heavy atom. The van der Waals surface area contributed by atoms with Crippen LogP contribution in [0.25, 0.3) is 0 Å². The van der Waals surface area contributed by atoms with Gasteiger partial charge in [0.15, 0.2) is 5.82 Å². The highest BCUT2D eigenvalue weighted by Crippen LogP contribution is 2.22. The summed E-state index contributed by atoms with van der Waals surface area (Å²) in [6.45, 7) is 7.94. The minimum atomic E-state index is 0.383. The molecule has 152 valence electrons. The highest BCUT2D eigenvalue weighted by atomic mass is 16.5. The Labute approximate surface area is 164 Å². The highest BCUT2D eigenvalue weighted by molar-refractivity contribution is 5.41. The SMILES string of the molecule is COc1nc(N2CCCCCC2)nc(N2CCN(Cc3noc(C)n3)CC2)n1. The minimum Gasteiger partial charge on any atom is -0.467 e. The number of hydrogen-bond donors (Lipinski definition) is 0. The van der Waals surface area contributed by atoms with Gasteiger partial charge in [-0.15, -0.1) is 0 Å². The molecule has 28 heavy (non-hydrogen) atoms. The fraction of sp³-hybridized carbons (Fsp3) is 0.722. The Bertz CT molecular complexity index is 767. The van der Waals surface area contributed by atoms with Crippen LogP contribution in [-0.2, 0) is 6.54 Å². The van der Waals surface area contributed by atoms with Crippen LogP contribution in [0, 0.1) is 6.92 Å². The van der Waals surface area contributed by atoms with Gasteiger partial charge in [0.2, 0.25) is 17.8 Å². The van der Waals surface area contributed by atoms with E-state index in [2.05, 4.69) is 34.8 Å². The summed E-state index contributed by atoms with van der Waals surface area (Å²) in [6, 6.07) is 0.383. The molecule has 10 nitrogen and oxygen atoms in total. The molecule has 0 unspecified atom stereocenters. The van der Waals surface area contributed by atoms with Crippen molar-refractivity contribution in [3.05, 3.63) is 11.7 Å². The Kier molecular flexibility index (Phi) is 5.84. The quantitative estimate of drug-likeness (QED) is 0.745. The smallest absolute Gasteiger partial charge is 0.322 e. The molecule has 4 rings (SSSR count). The first kappa shape index (κ1) is 18.9. The Hall–Kier alpha value is -2.49. The topological polar surface area (TPSA) is 96.5 Å². The van der Waals surface area contributed by atoms with Crippen molar-refractivity contribution in [2.75, 3.05) is 56.2 Å². The standard InChI is InChI=1S/C18H28N8O2/c1-14-19-15(23-28-14)13-24-9-11-26(12-10-24)17-20-16(21-18(22-17)27-2)25-7-5-3-4-6-8-25/h3-13H2,1-2H3. The molecule has 2 aromatic rings. The number of aromatic nitrogens is 5. The van der Waals surface area contributed by atoms with Gasteiger partial charge in [-0.2, -0.15) is 19.9 Å². The van der Waals surface area contributed by atoms with Crippen LogP contribution >= 0.6 is 0 Å². The van der Waals surface area contributed by atoms with Gasteiger partial charge >= 0.3 is 6.01 Å². The summed E-state index contributed by atoms with van der Waals surface area (Å²) in [5.74, 6) is 2.76. The van der Waals surface area contributed by atoms with E-state index < -0.39 is 0 Å². The molecule has 4 heterocycles. The number of aryl methyl sites for hydroxylation is 1. The minimum absolute atomic E-state index is 0.383. The number of piperazine rings is 1. The van der Waals surface area contributed by atoms with Crippen LogP contribution in [0.2, 0.25) is 0 Å². The molecule has 0 radical (unpaired) electrons. The number of nitrogens with zero attached hydrogens (tertiary/aromatic N) is 8. The zero-order chi connectivity index (χ0) is 19.3. The third-order valence-electron chi connectivity index (χ3n) is 5.25. The molecular formula is C18H28N8O2. The van der Waals surface area contributed by atoms with E-state index in [1.807, 2.05) is 6.92 Å². The van der Waals surface area contributed by atoms with Crippen LogP contribution in [0.1, 0.15) is 37.4 Å². The lowest BCUT2D eigenvalue weighted by Crippen LogP contribution is -2.46. The van der Waals surface area contributed by atoms with Crippen molar-refractivity contribution in [2.24, 2.45) is 0 Å². The van der Waals surface area contributed by atoms with Gasteiger partial charge < -0.3 is 19.1 Å². The summed E-state index contributed by atoms with van der Waals surface area (Å²) in [5, 5.41) is 3.98. The van der Waals surface area contributed by atoms with Crippen LogP contribution in [0.5, 0.6) is 6.01 Å². The van der Waals surface area contributed by atoms with Crippen LogP contribution in [0.15, 0.2) is 4.52 Å². The van der Waals surface area contributed by atoms with E-state index in [4.69, 9.17) is 14.2 Å². The second-order valence-corrected chi connectivity index (χ2v) is 7.32. The summed E-state index contributed by atoms with van der Waals surface area (Å²) in [4.78, 5) is 24.8. The predicted octanol–water partition coefficient (Wildman–Crippen LogP) is 1.27. The highest BCUT2D eigenvalue weighted by Gasteiger charge is 2.23. The lowest BCUT2D eigenvalue weighted by atomic mass is 10.2. The number of anilines is 2. The first-order chi connectivity index (χ1) is 13.7. The second kappa shape index (κ2) is 8.68. The zero-order valence-electron chi connectivity index (χ0n) is 16.7. The van der Waals surface area contributed by atoms with E-state index >= 15 is 0 Å². The molecule has 0 saturated carbocycles. The number of methoxy groups -OCH3 is 1. The van der Waals surface area contributed by atoms with Crippen molar-refractivity contribution >= 4 is 11.9 Å². The maximum atomic E-state index is 5.36. The summed E-state index contributed by atoms with van der Waals surface area (Å²) in [6.07, 6.45) is 4.90. The summed E-state index contributed by atoms with van der Waals surface area (Å²) in [7, 11) is 1.61. The van der Waals surface area contributed by atoms with E-state index in [-0.39, 0.29) is 0 Å². The lowest BCUT2D eigenvalue weighted by molar-refractivity contribution is 0.238. The van der Waals surface area contributed by atoms with Gasteiger partial charge in [-0.05, 0) is 12.8 Å². The number of ether oxygens (including phenoxy) is 1. The summed E-state index contributed by atoms with van der Waals surface area (Å²) < 4.78 is 10.4. The second-order valence-electron chi connectivity index (χ2n) is 7.32. The third-order valence-corrected chi connectivity index (χ3v) is 5.25. The fourth-order valence-electron chi connectivity index (χ4n) is 3.69.